The van der Waals surface area contributed by atoms with Crippen LogP contribution in [0.5, 0.6) is 0 Å². The molecule has 13 aromatic heterocycles. The number of piperazine rings is 1. The predicted molar refractivity (Wildman–Crippen MR) is 538 cm³/mol. The second-order valence-corrected chi connectivity index (χ2v) is 36.0. The van der Waals surface area contributed by atoms with Crippen molar-refractivity contribution in [2.75, 3.05) is 68.5 Å². The molecule has 4 bridgehead atoms. The molecule has 40 heteroatoms. The summed E-state index contributed by atoms with van der Waals surface area (Å²) >= 11 is 10.9. The van der Waals surface area contributed by atoms with Crippen LogP contribution in [0, 0.1) is 0 Å². The van der Waals surface area contributed by atoms with Crippen LogP contribution in [0.3, 0.4) is 0 Å². The Bertz CT molecular complexity index is 6820. The van der Waals surface area contributed by atoms with Gasteiger partial charge in [0.1, 0.15) is 58.8 Å². The van der Waals surface area contributed by atoms with Gasteiger partial charge in [0.15, 0.2) is 61.3 Å². The zero-order chi connectivity index (χ0) is 96.6. The van der Waals surface area contributed by atoms with Crippen molar-refractivity contribution in [2.24, 2.45) is 0 Å². The van der Waals surface area contributed by atoms with E-state index in [0.29, 0.717) is 187 Å². The molecule has 1 fully saturated rings. The maximum Gasteiger partial charge on any atom is 0.278 e. The van der Waals surface area contributed by atoms with E-state index in [1.807, 2.05) is 116 Å². The largest absolute Gasteiger partial charge is 0.384 e. The van der Waals surface area contributed by atoms with Crippen LogP contribution in [0.1, 0.15) is 119 Å². The van der Waals surface area contributed by atoms with Gasteiger partial charge in [-0.15, -0.1) is 26.3 Å². The molecule has 0 radical (unpaired) electrons. The highest BCUT2D eigenvalue weighted by Crippen LogP contribution is 2.33. The summed E-state index contributed by atoms with van der Waals surface area (Å²) < 4.78 is 22.9. The molecule has 14 aromatic rings. The quantitative estimate of drug-likeness (QED) is 0.0136. The Balaban J connectivity index is 0.000000162. The Morgan fingerprint density at radius 3 is 1.46 bits per heavy atom. The number of carbonyl (C=O) groups is 1. The zero-order valence-corrected chi connectivity index (χ0v) is 82.4. The molecule has 0 spiro atoms. The minimum Gasteiger partial charge on any atom is -0.384 e. The van der Waals surface area contributed by atoms with Gasteiger partial charge in [-0.05, 0) is 222 Å². The van der Waals surface area contributed by atoms with Crippen LogP contribution in [0.25, 0.3) is 61.6 Å². The Morgan fingerprint density at radius 2 is 0.978 bits per heavy atom. The van der Waals surface area contributed by atoms with E-state index in [1.165, 1.54) is 69.7 Å². The van der Waals surface area contributed by atoms with Crippen molar-refractivity contribution in [1.29, 1.82) is 0 Å². The number of benzene rings is 1. The third-order valence-corrected chi connectivity index (χ3v) is 24.2. The van der Waals surface area contributed by atoms with Crippen LogP contribution in [-0.2, 0) is 48.6 Å². The molecule has 134 heavy (non-hydrogen) atoms. The molecule has 1 saturated heterocycles. The summed E-state index contributed by atoms with van der Waals surface area (Å²) in [4.78, 5) is 123. The van der Waals surface area contributed by atoms with Crippen LogP contribution in [0.2, 0.25) is 0 Å². The molecule has 3 aliphatic rings. The van der Waals surface area contributed by atoms with Gasteiger partial charge < -0.3 is 35.5 Å². The molecular formula is C94H107Br2FN24O9S4. The molecule has 702 valence electrons. The first-order valence-corrected chi connectivity index (χ1v) is 49.0. The molecule has 0 amide bonds. The van der Waals surface area contributed by atoms with Gasteiger partial charge in [-0.1, -0.05) is 114 Å². The standard InChI is InChI=1S/C28H32N8O2.C20H23N5O2S.C18H19N5O2S.C11H14BrNO.C9H10N4OS.C7H6BrNO.CH3FS/c1-28(38)13-4-3-5-14-35-26(37)22-19-29-27(32-25(22)36(35)24-8-6-7-23(28)31-24)30-20-9-11-21(12-10-20)34-17-15-33(2)16-18-34;1-5-7-11-20(3,27)15-9-8-10-16(22-15)25-17-14(13-21-19(23-17)28-4)18(26)24(25)12-6-2;1-18(25)9-4-3-5-10-22-16(24)12-11-19-17(26-2)21-15(12)23(22)14-8-6-7-13(18)20-14;1-3-4-8-11(2,14)9-6-5-7-10(12)13-9;1-3-4-13-8(14)6-5-10-9(15-2)11-7(6)12-13;1-5(10)6-3-2-4-7(8)9-6;1-3-2/h3,5-12,19,38H,4,13-18H2,1-2H3,(H,29,30,32);5-6,8-10,13,27H,1-2,7,11-12H2,3-4H3;3,5-8,11,25H,4,9-10H2,1-2H3;3,5-7,14H,1,4,8H2,2H3;3,5H,1,4H2,2H3,(H,10,11,12);2-4H,1H3;1H3/b5-3-;;5-3-;;;;. The van der Waals surface area contributed by atoms with E-state index < -0.39 is 22.4 Å². The number of aromatic amines is 1. The summed E-state index contributed by atoms with van der Waals surface area (Å²) in [6.45, 7) is 28.8. The van der Waals surface area contributed by atoms with Gasteiger partial charge in [-0.25, -0.2) is 92.6 Å². The number of likely N-dealkylation sites (N-methyl/N-ethyl adjacent to an activating group) is 1. The fraction of sp³-hybridized carbons (Fsp3) is 0.319. The molecule has 6 N–H and O–H groups in total. The van der Waals surface area contributed by atoms with Crippen LogP contribution < -0.4 is 32.5 Å². The summed E-state index contributed by atoms with van der Waals surface area (Å²) in [6.07, 6.45) is 33.0. The molecule has 4 unspecified atom stereocenters. The van der Waals surface area contributed by atoms with Crippen molar-refractivity contribution < 1.29 is 29.1 Å². The smallest absolute Gasteiger partial charge is 0.278 e. The first kappa shape index (κ1) is 103. The number of rotatable bonds is 20. The molecule has 0 aliphatic carbocycles. The molecule has 4 atom stereocenters. The lowest BCUT2D eigenvalue weighted by Crippen LogP contribution is -2.44. The van der Waals surface area contributed by atoms with E-state index in [0.717, 1.165) is 42.9 Å². The van der Waals surface area contributed by atoms with E-state index in [9.17, 15) is 48.3 Å². The topological polar surface area (TPSA) is 403 Å². The Kier molecular flexibility index (Phi) is 36.3. The summed E-state index contributed by atoms with van der Waals surface area (Å²) in [5.74, 6) is 1.94. The molecule has 16 heterocycles. The fourth-order valence-electron chi connectivity index (χ4n) is 14.3. The van der Waals surface area contributed by atoms with Crippen LogP contribution >= 0.6 is 79.3 Å². The molecule has 3 aliphatic heterocycles. The summed E-state index contributed by atoms with van der Waals surface area (Å²) in [5, 5.41) is 52.5. The van der Waals surface area contributed by atoms with E-state index in [4.69, 9.17) is 9.97 Å². The van der Waals surface area contributed by atoms with Crippen LogP contribution in [-0.4, -0.2) is 192 Å². The van der Waals surface area contributed by atoms with E-state index >= 15 is 0 Å². The maximum absolute atomic E-state index is 13.3. The Morgan fingerprint density at radius 1 is 0.530 bits per heavy atom. The van der Waals surface area contributed by atoms with Gasteiger partial charge in [-0.3, -0.25) is 29.1 Å². The monoisotopic (exact) mass is 2020 g/mol. The van der Waals surface area contributed by atoms with Gasteiger partial charge in [0.2, 0.25) is 5.95 Å². The third-order valence-electron chi connectivity index (χ3n) is 21.6. The van der Waals surface area contributed by atoms with Crippen molar-refractivity contribution in [3.8, 4) is 17.5 Å². The molecule has 17 rings (SSSR count). The number of Topliss-reactive ketones (excluding diaryl/α,β-unsaturated/α-hetero) is 1. The van der Waals surface area contributed by atoms with Crippen molar-refractivity contribution >= 4 is 147 Å². The lowest BCUT2D eigenvalue weighted by atomic mass is 9.95. The van der Waals surface area contributed by atoms with Crippen molar-refractivity contribution in [3.05, 3.63) is 294 Å². The SMILES string of the molecule is C=CCCC(C)(O)c1cccc(-n2c3nc(SC)ncc3c(=O)n2CC=C)n1.C=CCCC(C)(O)c1cccc(Br)n1.C=CCn1[nH]c2nc(SC)ncc2c1=O.CC(=O)c1cccc(Br)n1.CN1CCN(c2ccc(Nc3ncc4c(=O)n5n(c4n3)-c3cccc(n3)C(C)(O)CC/C=C\C5)cc2)CC1.CSF.CSc1ncc2c(=O)n3n(c2n1)-c1cccc(n1)C(C)(O)CC/C=C\C3. The maximum atomic E-state index is 13.3. The average Bonchev–Trinajstić information content (AvgIpc) is 1.60. The number of halogens is 3. The second-order valence-electron chi connectivity index (χ2n) is 31.7. The zero-order valence-electron chi connectivity index (χ0n) is 76.0. The summed E-state index contributed by atoms with van der Waals surface area (Å²) in [5.41, 5.74) is 2.11. The first-order chi connectivity index (χ1) is 64.2. The molecule has 33 nitrogen and oxygen atoms in total. The number of ketones is 1. The van der Waals surface area contributed by atoms with Gasteiger partial charge in [0, 0.05) is 87.7 Å². The number of aliphatic hydroxyl groups is 4. The highest BCUT2D eigenvalue weighted by Gasteiger charge is 2.31. The highest BCUT2D eigenvalue weighted by atomic mass is 79.9. The number of thioether (sulfide) groups is 3. The lowest BCUT2D eigenvalue weighted by Gasteiger charge is -2.34. The number of pyridine rings is 5. The number of nitrogens with zero attached hydrogens (tertiary/aromatic N) is 22. The second kappa shape index (κ2) is 47.4. The molecule has 1 aromatic carbocycles. The number of H-pyrrole nitrogens is 1. The average molecular weight is 2020 g/mol. The minimum atomic E-state index is -1.11. The Labute approximate surface area is 807 Å². The van der Waals surface area contributed by atoms with Crippen molar-refractivity contribution in [3.63, 3.8) is 0 Å². The summed E-state index contributed by atoms with van der Waals surface area (Å²) in [7, 11) is 2.15. The van der Waals surface area contributed by atoms with Gasteiger partial charge in [0.25, 0.3) is 22.2 Å². The third kappa shape index (κ3) is 25.6. The predicted octanol–water partition coefficient (Wildman–Crippen LogP) is 15.7. The number of carbonyl (C=O) groups excluding carboxylic acids is 1. The van der Waals surface area contributed by atoms with E-state index in [1.54, 1.807) is 124 Å². The fourth-order valence-corrected chi connectivity index (χ4v) is 16.0. The van der Waals surface area contributed by atoms with Crippen LogP contribution in [0.4, 0.5) is 21.2 Å². The molecule has 0 saturated carbocycles. The number of allylic oxidation sites excluding steroid dienone is 8. The highest BCUT2D eigenvalue weighted by molar-refractivity contribution is 9.10. The summed E-state index contributed by atoms with van der Waals surface area (Å²) in [6, 6.07) is 35.4. The van der Waals surface area contributed by atoms with E-state index in [-0.39, 0.29) is 40.2 Å². The number of nitrogens with one attached hydrogen (secondary N) is 2. The number of hydrogen-bond acceptors (Lipinski definition) is 29. The number of anilines is 3. The Hall–Kier alpha value is -11.8. The van der Waals surface area contributed by atoms with Crippen LogP contribution in [0.15, 0.2) is 259 Å². The van der Waals surface area contributed by atoms with E-state index in [2.05, 4.69) is 152 Å². The number of aromatic nitrogens is 21. The minimum absolute atomic E-state index is 0.0127. The van der Waals surface area contributed by atoms with Crippen molar-refractivity contribution in [2.45, 2.75) is 150 Å². The van der Waals surface area contributed by atoms with Crippen molar-refractivity contribution in [1.82, 2.24) is 108 Å². The molecular weight excluding hydrogens is 1920 g/mol. The van der Waals surface area contributed by atoms with Gasteiger partial charge in [-0.2, -0.15) is 8.87 Å². The van der Waals surface area contributed by atoms with Gasteiger partial charge >= 0.3 is 0 Å². The number of hydrogen-bond donors (Lipinski definition) is 6. The number of fused-ring (bicyclic) bond motifs is 14. The first-order valence-electron chi connectivity index (χ1n) is 42.6. The normalized spacial score (nSPS) is 16.5. The van der Waals surface area contributed by atoms with Gasteiger partial charge in [0.05, 0.1) is 49.0 Å². The lowest BCUT2D eigenvalue weighted by molar-refractivity contribution is 0.0438.